The predicted molar refractivity (Wildman–Crippen MR) is 95.6 cm³/mol. The monoisotopic (exact) mass is 353 g/mol. The number of hydrogen-bond donors (Lipinski definition) is 1. The van der Waals surface area contributed by atoms with Gasteiger partial charge in [0.1, 0.15) is 0 Å². The zero-order chi connectivity index (χ0) is 18.4. The number of amides is 1. The van der Waals surface area contributed by atoms with Crippen molar-refractivity contribution in [3.63, 3.8) is 0 Å². The molecule has 2 aromatic carbocycles. The molecule has 1 amide bonds. The summed E-state index contributed by atoms with van der Waals surface area (Å²) in [4.78, 5) is 23.9. The fourth-order valence-corrected chi connectivity index (χ4v) is 2.60. The fraction of sp³-hybridized carbons (Fsp3) is 0.200. The molecule has 0 saturated carbocycles. The number of benzene rings is 2. The molecule has 0 bridgehead atoms. The number of nitrogens with one attached hydrogen (secondary N) is 1. The van der Waals surface area contributed by atoms with E-state index in [0.717, 1.165) is 11.1 Å². The van der Waals surface area contributed by atoms with Crippen molar-refractivity contribution in [1.29, 1.82) is 0 Å². The van der Waals surface area contributed by atoms with Gasteiger partial charge in [-0.15, -0.1) is 0 Å². The smallest absolute Gasteiger partial charge is 0.307 e. The van der Waals surface area contributed by atoms with Gasteiger partial charge in [-0.1, -0.05) is 36.4 Å². The average Bonchev–Trinajstić information content (AvgIpc) is 3.14. The normalized spacial score (nSPS) is 13.4. The van der Waals surface area contributed by atoms with Crippen LogP contribution in [0.5, 0.6) is 11.5 Å². The van der Waals surface area contributed by atoms with Crippen molar-refractivity contribution < 1.29 is 23.8 Å². The second-order valence-electron chi connectivity index (χ2n) is 5.70. The van der Waals surface area contributed by atoms with Gasteiger partial charge in [0.15, 0.2) is 11.5 Å². The van der Waals surface area contributed by atoms with Crippen LogP contribution in [-0.2, 0) is 14.3 Å². The second kappa shape index (κ2) is 8.20. The zero-order valence-electron chi connectivity index (χ0n) is 14.3. The molecule has 1 unspecified atom stereocenters. The number of carbonyl (C=O) groups excluding carboxylic acids is 2. The Bertz CT molecular complexity index is 816. The van der Waals surface area contributed by atoms with Crippen LogP contribution in [0.2, 0.25) is 0 Å². The Morgan fingerprint density at radius 3 is 2.69 bits per heavy atom. The molecule has 0 saturated heterocycles. The van der Waals surface area contributed by atoms with Gasteiger partial charge in [-0.05, 0) is 29.3 Å². The number of fused-ring (bicyclic) bond motifs is 1. The lowest BCUT2D eigenvalue weighted by Gasteiger charge is -2.17. The van der Waals surface area contributed by atoms with Crippen LogP contribution >= 0.6 is 0 Å². The third-order valence-corrected chi connectivity index (χ3v) is 3.94. The molecule has 0 spiro atoms. The standard InChI is InChI=1S/C20H19NO5/c1-24-20(23)12-16(15-5-3-2-4-6-15)21-19(22)10-8-14-7-9-17-18(11-14)26-13-25-17/h2-11,16H,12-13H2,1H3,(H,21,22)/b10-8+. The van der Waals surface area contributed by atoms with E-state index in [1.165, 1.54) is 13.2 Å². The first-order chi connectivity index (χ1) is 12.7. The van der Waals surface area contributed by atoms with Crippen LogP contribution in [0.1, 0.15) is 23.6 Å². The maximum atomic E-state index is 12.3. The summed E-state index contributed by atoms with van der Waals surface area (Å²) in [5.74, 6) is 0.647. The SMILES string of the molecule is COC(=O)CC(NC(=O)/C=C/c1ccc2c(c1)OCO2)c1ccccc1. The van der Waals surface area contributed by atoms with E-state index in [2.05, 4.69) is 5.32 Å². The topological polar surface area (TPSA) is 73.9 Å². The van der Waals surface area contributed by atoms with Crippen LogP contribution < -0.4 is 14.8 Å². The van der Waals surface area contributed by atoms with Crippen LogP contribution in [0.3, 0.4) is 0 Å². The lowest BCUT2D eigenvalue weighted by Crippen LogP contribution is -2.29. The van der Waals surface area contributed by atoms with E-state index in [-0.39, 0.29) is 25.1 Å². The Morgan fingerprint density at radius 2 is 1.92 bits per heavy atom. The van der Waals surface area contributed by atoms with E-state index < -0.39 is 6.04 Å². The number of ether oxygens (including phenoxy) is 3. The van der Waals surface area contributed by atoms with Crippen LogP contribution in [0.4, 0.5) is 0 Å². The molecule has 6 heteroatoms. The predicted octanol–water partition coefficient (Wildman–Crippen LogP) is 2.85. The second-order valence-corrected chi connectivity index (χ2v) is 5.70. The zero-order valence-corrected chi connectivity index (χ0v) is 14.3. The highest BCUT2D eigenvalue weighted by Crippen LogP contribution is 2.32. The van der Waals surface area contributed by atoms with Gasteiger partial charge in [0.25, 0.3) is 0 Å². The molecule has 1 atom stereocenters. The largest absolute Gasteiger partial charge is 0.469 e. The molecule has 0 aromatic heterocycles. The maximum Gasteiger partial charge on any atom is 0.307 e. The molecule has 0 fully saturated rings. The molecule has 26 heavy (non-hydrogen) atoms. The van der Waals surface area contributed by atoms with Gasteiger partial charge in [0, 0.05) is 6.08 Å². The van der Waals surface area contributed by atoms with E-state index in [4.69, 9.17) is 14.2 Å². The van der Waals surface area contributed by atoms with Crippen molar-refractivity contribution in [2.24, 2.45) is 0 Å². The molecule has 134 valence electrons. The number of rotatable bonds is 6. The average molecular weight is 353 g/mol. The lowest BCUT2D eigenvalue weighted by molar-refractivity contribution is -0.141. The first-order valence-electron chi connectivity index (χ1n) is 8.15. The Morgan fingerprint density at radius 1 is 1.15 bits per heavy atom. The van der Waals surface area contributed by atoms with Gasteiger partial charge < -0.3 is 19.5 Å². The quantitative estimate of drug-likeness (QED) is 0.638. The Kier molecular flexibility index (Phi) is 5.53. The van der Waals surface area contributed by atoms with Crippen molar-refractivity contribution in [2.45, 2.75) is 12.5 Å². The number of hydrogen-bond acceptors (Lipinski definition) is 5. The first kappa shape index (κ1) is 17.5. The van der Waals surface area contributed by atoms with Gasteiger partial charge in [0.05, 0.1) is 19.6 Å². The van der Waals surface area contributed by atoms with Crippen molar-refractivity contribution in [3.8, 4) is 11.5 Å². The molecule has 1 aliphatic heterocycles. The molecule has 1 aliphatic rings. The van der Waals surface area contributed by atoms with E-state index in [1.54, 1.807) is 18.2 Å². The van der Waals surface area contributed by atoms with Gasteiger partial charge in [-0.2, -0.15) is 0 Å². The lowest BCUT2D eigenvalue weighted by atomic mass is 10.0. The third kappa shape index (κ3) is 4.42. The molecule has 6 nitrogen and oxygen atoms in total. The van der Waals surface area contributed by atoms with Gasteiger partial charge >= 0.3 is 5.97 Å². The van der Waals surface area contributed by atoms with Crippen molar-refractivity contribution in [3.05, 3.63) is 65.7 Å². The Labute approximate surface area is 151 Å². The molecular weight excluding hydrogens is 334 g/mol. The number of carbonyl (C=O) groups is 2. The molecular formula is C20H19NO5. The molecule has 1 heterocycles. The number of methoxy groups -OCH3 is 1. The summed E-state index contributed by atoms with van der Waals surface area (Å²) in [5.41, 5.74) is 1.65. The molecule has 2 aromatic rings. The van der Waals surface area contributed by atoms with Crippen molar-refractivity contribution in [1.82, 2.24) is 5.32 Å². The van der Waals surface area contributed by atoms with Crippen LogP contribution in [0.25, 0.3) is 6.08 Å². The minimum Gasteiger partial charge on any atom is -0.469 e. The van der Waals surface area contributed by atoms with E-state index in [1.807, 2.05) is 36.4 Å². The van der Waals surface area contributed by atoms with E-state index >= 15 is 0 Å². The molecule has 3 rings (SSSR count). The number of esters is 1. The Hall–Kier alpha value is -3.28. The molecule has 0 aliphatic carbocycles. The van der Waals surface area contributed by atoms with E-state index in [0.29, 0.717) is 11.5 Å². The summed E-state index contributed by atoms with van der Waals surface area (Å²) in [7, 11) is 1.33. The van der Waals surface area contributed by atoms with Crippen LogP contribution in [0.15, 0.2) is 54.6 Å². The molecule has 0 radical (unpaired) electrons. The van der Waals surface area contributed by atoms with Gasteiger partial charge in [-0.3, -0.25) is 9.59 Å². The summed E-state index contributed by atoms with van der Waals surface area (Å²) < 4.78 is 15.3. The summed E-state index contributed by atoms with van der Waals surface area (Å²) in [6.45, 7) is 0.204. The van der Waals surface area contributed by atoms with Crippen LogP contribution in [-0.4, -0.2) is 25.8 Å². The Balaban J connectivity index is 1.68. The maximum absolute atomic E-state index is 12.3. The highest BCUT2D eigenvalue weighted by atomic mass is 16.7. The minimum absolute atomic E-state index is 0.0596. The highest BCUT2D eigenvalue weighted by molar-refractivity contribution is 5.92. The fourth-order valence-electron chi connectivity index (χ4n) is 2.60. The minimum atomic E-state index is -0.461. The van der Waals surface area contributed by atoms with Crippen LogP contribution in [0, 0.1) is 0 Å². The van der Waals surface area contributed by atoms with E-state index in [9.17, 15) is 9.59 Å². The summed E-state index contributed by atoms with van der Waals surface area (Å²) in [5, 5.41) is 2.84. The summed E-state index contributed by atoms with van der Waals surface area (Å²) in [6.07, 6.45) is 3.16. The molecule has 1 N–H and O–H groups in total. The highest BCUT2D eigenvalue weighted by Gasteiger charge is 2.18. The first-order valence-corrected chi connectivity index (χ1v) is 8.15. The summed E-state index contributed by atoms with van der Waals surface area (Å²) in [6, 6.07) is 14.3. The van der Waals surface area contributed by atoms with Crippen molar-refractivity contribution >= 4 is 18.0 Å². The van der Waals surface area contributed by atoms with Gasteiger partial charge in [0.2, 0.25) is 12.7 Å². The van der Waals surface area contributed by atoms with Crippen molar-refractivity contribution in [2.75, 3.05) is 13.9 Å². The third-order valence-electron chi connectivity index (χ3n) is 3.94. The summed E-state index contributed by atoms with van der Waals surface area (Å²) >= 11 is 0. The van der Waals surface area contributed by atoms with Gasteiger partial charge in [-0.25, -0.2) is 0 Å².